The Bertz CT molecular complexity index is 403. The number of nitrogens with one attached hydrogen (secondary N) is 1. The second-order valence-corrected chi connectivity index (χ2v) is 3.80. The zero-order valence-electron chi connectivity index (χ0n) is 9.70. The number of amides is 1. The van der Waals surface area contributed by atoms with Gasteiger partial charge in [0.15, 0.2) is 0 Å². The minimum Gasteiger partial charge on any atom is -0.465 e. The lowest BCUT2D eigenvalue weighted by molar-refractivity contribution is -0.119. The Morgan fingerprint density at radius 1 is 1.35 bits per heavy atom. The van der Waals surface area contributed by atoms with Gasteiger partial charge in [-0.2, -0.15) is 0 Å². The molecule has 0 saturated heterocycles. The van der Waals surface area contributed by atoms with Gasteiger partial charge in [-0.25, -0.2) is 4.79 Å². The van der Waals surface area contributed by atoms with Crippen molar-refractivity contribution >= 4 is 23.5 Å². The molecule has 0 unspecified atom stereocenters. The smallest absolute Gasteiger partial charge is 0.337 e. The van der Waals surface area contributed by atoms with Crippen molar-refractivity contribution in [2.75, 3.05) is 13.0 Å². The number of alkyl halides is 1. The summed E-state index contributed by atoms with van der Waals surface area (Å²) in [6.07, 6.45) is 0. The molecule has 0 spiro atoms. The third-order valence-electron chi connectivity index (χ3n) is 2.33. The second-order valence-electron chi connectivity index (χ2n) is 3.54. The normalized spacial score (nSPS) is 11.7. The summed E-state index contributed by atoms with van der Waals surface area (Å²) < 4.78 is 4.59. The van der Waals surface area contributed by atoms with Gasteiger partial charge < -0.3 is 10.1 Å². The maximum atomic E-state index is 11.2. The monoisotopic (exact) mass is 255 g/mol. The molecular formula is C12H14ClNO3. The fraction of sp³-hybridized carbons (Fsp3) is 0.333. The van der Waals surface area contributed by atoms with Crippen LogP contribution in [0.5, 0.6) is 0 Å². The summed E-state index contributed by atoms with van der Waals surface area (Å²) in [6, 6.07) is 6.71. The molecule has 0 saturated carbocycles. The number of ether oxygens (including phenoxy) is 1. The molecule has 0 bridgehead atoms. The summed E-state index contributed by atoms with van der Waals surface area (Å²) >= 11 is 5.40. The van der Waals surface area contributed by atoms with Crippen LogP contribution < -0.4 is 5.32 Å². The van der Waals surface area contributed by atoms with Crippen LogP contribution in [0.1, 0.15) is 28.9 Å². The van der Waals surface area contributed by atoms with Gasteiger partial charge in [-0.1, -0.05) is 12.1 Å². The first-order valence-electron chi connectivity index (χ1n) is 5.12. The molecule has 92 valence electrons. The molecule has 0 aliphatic carbocycles. The first kappa shape index (κ1) is 13.5. The van der Waals surface area contributed by atoms with E-state index < -0.39 is 0 Å². The highest BCUT2D eigenvalue weighted by Gasteiger charge is 2.10. The largest absolute Gasteiger partial charge is 0.465 e. The van der Waals surface area contributed by atoms with Crippen LogP contribution in [0.25, 0.3) is 0 Å². The van der Waals surface area contributed by atoms with Crippen LogP contribution in [0.4, 0.5) is 0 Å². The summed E-state index contributed by atoms with van der Waals surface area (Å²) in [5, 5.41) is 2.72. The molecule has 0 aromatic heterocycles. The van der Waals surface area contributed by atoms with Crippen molar-refractivity contribution in [1.29, 1.82) is 0 Å². The molecule has 5 heteroatoms. The van der Waals surface area contributed by atoms with Crippen LogP contribution in [0.15, 0.2) is 24.3 Å². The van der Waals surface area contributed by atoms with Crippen LogP contribution in [0, 0.1) is 0 Å². The molecule has 0 aliphatic heterocycles. The van der Waals surface area contributed by atoms with Gasteiger partial charge in [-0.05, 0) is 24.6 Å². The Hall–Kier alpha value is -1.55. The lowest BCUT2D eigenvalue weighted by atomic mass is 10.1. The van der Waals surface area contributed by atoms with Crippen molar-refractivity contribution in [3.05, 3.63) is 35.4 Å². The van der Waals surface area contributed by atoms with E-state index in [0.717, 1.165) is 5.56 Å². The van der Waals surface area contributed by atoms with Crippen molar-refractivity contribution in [2.24, 2.45) is 0 Å². The highest BCUT2D eigenvalue weighted by molar-refractivity contribution is 6.27. The number of rotatable bonds is 4. The average molecular weight is 256 g/mol. The van der Waals surface area contributed by atoms with E-state index in [0.29, 0.717) is 5.56 Å². The molecule has 0 fully saturated rings. The highest BCUT2D eigenvalue weighted by atomic mass is 35.5. The summed E-state index contributed by atoms with van der Waals surface area (Å²) in [5.41, 5.74) is 1.38. The molecule has 17 heavy (non-hydrogen) atoms. The quantitative estimate of drug-likeness (QED) is 0.660. The molecule has 1 amide bonds. The number of hydrogen-bond donors (Lipinski definition) is 1. The molecular weight excluding hydrogens is 242 g/mol. The number of esters is 1. The molecule has 1 rings (SSSR count). The molecule has 1 N–H and O–H groups in total. The van der Waals surface area contributed by atoms with Crippen molar-refractivity contribution in [2.45, 2.75) is 13.0 Å². The highest BCUT2D eigenvalue weighted by Crippen LogP contribution is 2.13. The predicted molar refractivity (Wildman–Crippen MR) is 65.1 cm³/mol. The third-order valence-corrected chi connectivity index (χ3v) is 2.57. The van der Waals surface area contributed by atoms with E-state index in [1.807, 2.05) is 6.92 Å². The van der Waals surface area contributed by atoms with E-state index in [1.54, 1.807) is 24.3 Å². The first-order chi connectivity index (χ1) is 8.08. The maximum absolute atomic E-state index is 11.2. The van der Waals surface area contributed by atoms with E-state index in [1.165, 1.54) is 7.11 Å². The van der Waals surface area contributed by atoms with E-state index in [2.05, 4.69) is 10.1 Å². The standard InChI is InChI=1S/C12H14ClNO3/c1-8(14-11(15)7-13)9-3-5-10(6-4-9)12(16)17-2/h3-6,8H,7H2,1-2H3,(H,14,15)/t8-/m1/s1. The Balaban J connectivity index is 2.73. The molecule has 1 atom stereocenters. The van der Waals surface area contributed by atoms with Gasteiger partial charge in [-0.3, -0.25) is 4.79 Å². The summed E-state index contributed by atoms with van der Waals surface area (Å²) in [5.74, 6) is -0.671. The van der Waals surface area contributed by atoms with Gasteiger partial charge in [0.1, 0.15) is 5.88 Å². The van der Waals surface area contributed by atoms with Gasteiger partial charge in [0.25, 0.3) is 0 Å². The van der Waals surface area contributed by atoms with Gasteiger partial charge >= 0.3 is 5.97 Å². The Kier molecular flexibility index (Phi) is 4.97. The Morgan fingerprint density at radius 3 is 2.41 bits per heavy atom. The summed E-state index contributed by atoms with van der Waals surface area (Å²) in [6.45, 7) is 1.84. The van der Waals surface area contributed by atoms with Gasteiger partial charge in [0.05, 0.1) is 18.7 Å². The summed E-state index contributed by atoms with van der Waals surface area (Å²) in [7, 11) is 1.33. The van der Waals surface area contributed by atoms with Crippen LogP contribution in [-0.2, 0) is 9.53 Å². The van der Waals surface area contributed by atoms with Crippen molar-refractivity contribution in [3.8, 4) is 0 Å². The lowest BCUT2D eigenvalue weighted by Gasteiger charge is -2.13. The molecule has 4 nitrogen and oxygen atoms in total. The van der Waals surface area contributed by atoms with Crippen LogP contribution in [0.3, 0.4) is 0 Å². The molecule has 1 aromatic rings. The molecule has 0 heterocycles. The van der Waals surface area contributed by atoms with E-state index in [-0.39, 0.29) is 23.8 Å². The number of halogens is 1. The SMILES string of the molecule is COC(=O)c1ccc([C@@H](C)NC(=O)CCl)cc1. The van der Waals surface area contributed by atoms with Crippen LogP contribution in [0.2, 0.25) is 0 Å². The van der Waals surface area contributed by atoms with Gasteiger partial charge in [0.2, 0.25) is 5.91 Å². The molecule has 1 aromatic carbocycles. The van der Waals surface area contributed by atoms with Crippen molar-refractivity contribution in [3.63, 3.8) is 0 Å². The van der Waals surface area contributed by atoms with Gasteiger partial charge in [-0.15, -0.1) is 11.6 Å². The fourth-order valence-corrected chi connectivity index (χ4v) is 1.47. The predicted octanol–water partition coefficient (Wildman–Crippen LogP) is 1.89. The lowest BCUT2D eigenvalue weighted by Crippen LogP contribution is -2.27. The van der Waals surface area contributed by atoms with E-state index in [9.17, 15) is 9.59 Å². The number of carbonyl (C=O) groups is 2. The molecule has 0 radical (unpaired) electrons. The van der Waals surface area contributed by atoms with E-state index >= 15 is 0 Å². The molecule has 0 aliphatic rings. The number of hydrogen-bond acceptors (Lipinski definition) is 3. The Morgan fingerprint density at radius 2 is 1.94 bits per heavy atom. The first-order valence-corrected chi connectivity index (χ1v) is 5.65. The van der Waals surface area contributed by atoms with Crippen LogP contribution >= 0.6 is 11.6 Å². The van der Waals surface area contributed by atoms with Crippen LogP contribution in [-0.4, -0.2) is 24.9 Å². The number of benzene rings is 1. The maximum Gasteiger partial charge on any atom is 0.337 e. The minimum atomic E-state index is -0.381. The fourth-order valence-electron chi connectivity index (χ4n) is 1.39. The zero-order chi connectivity index (χ0) is 12.8. The van der Waals surface area contributed by atoms with Gasteiger partial charge in [0, 0.05) is 0 Å². The zero-order valence-corrected chi connectivity index (χ0v) is 10.5. The van der Waals surface area contributed by atoms with Crippen molar-refractivity contribution < 1.29 is 14.3 Å². The van der Waals surface area contributed by atoms with Crippen molar-refractivity contribution in [1.82, 2.24) is 5.32 Å². The number of methoxy groups -OCH3 is 1. The minimum absolute atomic E-state index is 0.0649. The second kappa shape index (κ2) is 6.25. The van der Waals surface area contributed by atoms with E-state index in [4.69, 9.17) is 11.6 Å². The average Bonchev–Trinajstić information content (AvgIpc) is 2.37. The summed E-state index contributed by atoms with van der Waals surface area (Å²) in [4.78, 5) is 22.3. The third kappa shape index (κ3) is 3.75. The Labute approximate surface area is 105 Å². The topological polar surface area (TPSA) is 55.4 Å². The number of carbonyl (C=O) groups excluding carboxylic acids is 2.